The fourth-order valence-electron chi connectivity index (χ4n) is 2.10. The van der Waals surface area contributed by atoms with E-state index in [4.69, 9.17) is 5.26 Å². The van der Waals surface area contributed by atoms with Gasteiger partial charge in [0.25, 0.3) is 0 Å². The minimum absolute atomic E-state index is 0.302. The molecule has 2 rings (SSSR count). The van der Waals surface area contributed by atoms with Crippen LogP contribution < -0.4 is 4.90 Å². The van der Waals surface area contributed by atoms with E-state index in [1.807, 2.05) is 36.1 Å². The van der Waals surface area contributed by atoms with Crippen molar-refractivity contribution in [2.24, 2.45) is 0 Å². The summed E-state index contributed by atoms with van der Waals surface area (Å²) in [5.74, 6) is -1.15. The number of anilines is 1. The summed E-state index contributed by atoms with van der Waals surface area (Å²) in [5, 5.41) is 8.76. The van der Waals surface area contributed by atoms with Crippen LogP contribution in [0, 0.1) is 29.9 Å². The summed E-state index contributed by atoms with van der Waals surface area (Å²) < 4.78 is 26.7. The third kappa shape index (κ3) is 4.03. The van der Waals surface area contributed by atoms with E-state index in [-0.39, 0.29) is 0 Å². The Balaban J connectivity index is 2.23. The number of nitriles is 1. The first-order chi connectivity index (χ1) is 10.1. The Morgan fingerprint density at radius 3 is 2.43 bits per heavy atom. The van der Waals surface area contributed by atoms with Crippen molar-refractivity contribution in [3.05, 3.63) is 65.2 Å². The van der Waals surface area contributed by atoms with Crippen molar-refractivity contribution in [1.82, 2.24) is 0 Å². The molecule has 0 amide bonds. The lowest BCUT2D eigenvalue weighted by Crippen LogP contribution is -2.24. The highest BCUT2D eigenvalue weighted by Crippen LogP contribution is 2.20. The SMILES string of the molecule is Cc1ccc(N(CCC#N)Cc2ccc(F)cc2F)cc1. The first-order valence-electron chi connectivity index (χ1n) is 6.72. The predicted molar refractivity (Wildman–Crippen MR) is 78.8 cm³/mol. The Morgan fingerprint density at radius 2 is 1.81 bits per heavy atom. The fourth-order valence-corrected chi connectivity index (χ4v) is 2.10. The van der Waals surface area contributed by atoms with E-state index < -0.39 is 11.6 Å². The Labute approximate surface area is 123 Å². The van der Waals surface area contributed by atoms with E-state index in [9.17, 15) is 8.78 Å². The Bertz CT molecular complexity index is 645. The highest BCUT2D eigenvalue weighted by molar-refractivity contribution is 5.48. The molecule has 0 aromatic heterocycles. The predicted octanol–water partition coefficient (Wildman–Crippen LogP) is 4.19. The second-order valence-corrected chi connectivity index (χ2v) is 4.90. The molecule has 0 saturated heterocycles. The van der Waals surface area contributed by atoms with Crippen LogP contribution in [0.25, 0.3) is 0 Å². The van der Waals surface area contributed by atoms with Crippen LogP contribution in [0.15, 0.2) is 42.5 Å². The standard InChI is InChI=1S/C17H16F2N2/c1-13-3-7-16(8-4-13)21(10-2-9-20)12-14-5-6-15(18)11-17(14)19/h3-8,11H,2,10,12H2,1H3. The minimum atomic E-state index is -0.588. The van der Waals surface area contributed by atoms with Gasteiger partial charge in [0, 0.05) is 30.4 Å². The molecule has 0 aliphatic rings. The van der Waals surface area contributed by atoms with Crippen LogP contribution in [0.5, 0.6) is 0 Å². The van der Waals surface area contributed by atoms with Crippen molar-refractivity contribution in [2.45, 2.75) is 19.9 Å². The molecule has 0 bridgehead atoms. The van der Waals surface area contributed by atoms with Crippen LogP contribution in [0.2, 0.25) is 0 Å². The van der Waals surface area contributed by atoms with Crippen LogP contribution in [0.4, 0.5) is 14.5 Å². The van der Waals surface area contributed by atoms with E-state index in [0.717, 1.165) is 17.3 Å². The van der Waals surface area contributed by atoms with Gasteiger partial charge in [-0.1, -0.05) is 23.8 Å². The lowest BCUT2D eigenvalue weighted by atomic mass is 10.1. The van der Waals surface area contributed by atoms with Gasteiger partial charge in [0.2, 0.25) is 0 Å². The van der Waals surface area contributed by atoms with E-state index in [1.54, 1.807) is 0 Å². The monoisotopic (exact) mass is 286 g/mol. The normalized spacial score (nSPS) is 10.2. The molecule has 0 radical (unpaired) electrons. The Morgan fingerprint density at radius 1 is 1.10 bits per heavy atom. The summed E-state index contributed by atoms with van der Waals surface area (Å²) in [7, 11) is 0. The molecular formula is C17H16F2N2. The summed E-state index contributed by atoms with van der Waals surface area (Å²) in [6, 6.07) is 13.5. The van der Waals surface area contributed by atoms with Gasteiger partial charge in [-0.25, -0.2) is 8.78 Å². The van der Waals surface area contributed by atoms with Crippen LogP contribution >= 0.6 is 0 Å². The summed E-state index contributed by atoms with van der Waals surface area (Å²) in [4.78, 5) is 1.92. The topological polar surface area (TPSA) is 27.0 Å². The first-order valence-corrected chi connectivity index (χ1v) is 6.72. The first kappa shape index (κ1) is 15.0. The third-order valence-corrected chi connectivity index (χ3v) is 3.27. The van der Waals surface area contributed by atoms with Crippen molar-refractivity contribution in [2.75, 3.05) is 11.4 Å². The molecule has 4 heteroatoms. The maximum atomic E-state index is 13.8. The van der Waals surface area contributed by atoms with Gasteiger partial charge in [0.1, 0.15) is 11.6 Å². The minimum Gasteiger partial charge on any atom is -0.366 e. The second kappa shape index (κ2) is 6.85. The molecule has 2 nitrogen and oxygen atoms in total. The maximum Gasteiger partial charge on any atom is 0.131 e. The quantitative estimate of drug-likeness (QED) is 0.824. The molecule has 2 aromatic rings. The Kier molecular flexibility index (Phi) is 4.89. The highest BCUT2D eigenvalue weighted by atomic mass is 19.1. The summed E-state index contributed by atoms with van der Waals surface area (Å²) in [5.41, 5.74) is 2.46. The van der Waals surface area contributed by atoms with Gasteiger partial charge in [-0.05, 0) is 25.1 Å². The number of hydrogen-bond acceptors (Lipinski definition) is 2. The summed E-state index contributed by atoms with van der Waals surface area (Å²) in [6.45, 7) is 2.79. The maximum absolute atomic E-state index is 13.8. The van der Waals surface area contributed by atoms with E-state index in [1.165, 1.54) is 12.1 Å². The molecule has 21 heavy (non-hydrogen) atoms. The van der Waals surface area contributed by atoms with Gasteiger partial charge in [-0.2, -0.15) is 5.26 Å². The number of rotatable bonds is 5. The zero-order valence-electron chi connectivity index (χ0n) is 11.8. The number of nitrogens with zero attached hydrogens (tertiary/aromatic N) is 2. The van der Waals surface area contributed by atoms with Crippen molar-refractivity contribution < 1.29 is 8.78 Å². The van der Waals surface area contributed by atoms with Gasteiger partial charge >= 0.3 is 0 Å². The number of hydrogen-bond donors (Lipinski definition) is 0. The molecule has 0 fully saturated rings. The van der Waals surface area contributed by atoms with Crippen LogP contribution in [-0.2, 0) is 6.54 Å². The van der Waals surface area contributed by atoms with Gasteiger partial charge < -0.3 is 4.90 Å². The average Bonchev–Trinajstić information content (AvgIpc) is 2.46. The zero-order valence-corrected chi connectivity index (χ0v) is 11.8. The molecular weight excluding hydrogens is 270 g/mol. The molecule has 0 N–H and O–H groups in total. The molecule has 0 unspecified atom stereocenters. The summed E-state index contributed by atoms with van der Waals surface area (Å²) in [6.07, 6.45) is 0.344. The smallest absolute Gasteiger partial charge is 0.131 e. The van der Waals surface area contributed by atoms with Gasteiger partial charge in [0.15, 0.2) is 0 Å². The van der Waals surface area contributed by atoms with Crippen LogP contribution in [-0.4, -0.2) is 6.54 Å². The van der Waals surface area contributed by atoms with Crippen LogP contribution in [0.3, 0.4) is 0 Å². The molecule has 0 heterocycles. The number of aryl methyl sites for hydroxylation is 1. The zero-order chi connectivity index (χ0) is 15.2. The molecule has 0 aliphatic carbocycles. The molecule has 0 atom stereocenters. The van der Waals surface area contributed by atoms with Gasteiger partial charge in [-0.15, -0.1) is 0 Å². The Hall–Kier alpha value is -2.41. The van der Waals surface area contributed by atoms with E-state index in [0.29, 0.717) is 25.1 Å². The molecule has 2 aromatic carbocycles. The van der Waals surface area contributed by atoms with Crippen molar-refractivity contribution >= 4 is 5.69 Å². The molecule has 0 saturated carbocycles. The third-order valence-electron chi connectivity index (χ3n) is 3.27. The van der Waals surface area contributed by atoms with E-state index in [2.05, 4.69) is 6.07 Å². The molecule has 0 spiro atoms. The summed E-state index contributed by atoms with van der Waals surface area (Å²) >= 11 is 0. The lowest BCUT2D eigenvalue weighted by molar-refractivity contribution is 0.569. The fraction of sp³-hybridized carbons (Fsp3) is 0.235. The number of halogens is 2. The van der Waals surface area contributed by atoms with Crippen molar-refractivity contribution in [3.8, 4) is 6.07 Å². The van der Waals surface area contributed by atoms with Gasteiger partial charge in [0.05, 0.1) is 12.5 Å². The largest absolute Gasteiger partial charge is 0.366 e. The van der Waals surface area contributed by atoms with Crippen LogP contribution in [0.1, 0.15) is 17.5 Å². The number of benzene rings is 2. The van der Waals surface area contributed by atoms with Crippen molar-refractivity contribution in [1.29, 1.82) is 5.26 Å². The van der Waals surface area contributed by atoms with E-state index >= 15 is 0 Å². The molecule has 108 valence electrons. The molecule has 0 aliphatic heterocycles. The average molecular weight is 286 g/mol. The second-order valence-electron chi connectivity index (χ2n) is 4.90. The lowest BCUT2D eigenvalue weighted by Gasteiger charge is -2.24. The van der Waals surface area contributed by atoms with Crippen molar-refractivity contribution in [3.63, 3.8) is 0 Å². The highest BCUT2D eigenvalue weighted by Gasteiger charge is 2.11. The van der Waals surface area contributed by atoms with Gasteiger partial charge in [-0.3, -0.25) is 0 Å².